The minimum absolute atomic E-state index is 0.774. The molecule has 0 N–H and O–H groups in total. The molecule has 2 rings (SSSR count). The summed E-state index contributed by atoms with van der Waals surface area (Å²) < 4.78 is 0. The van der Waals surface area contributed by atoms with E-state index in [9.17, 15) is 0 Å². The Labute approximate surface area is 110 Å². The van der Waals surface area contributed by atoms with Gasteiger partial charge in [0.15, 0.2) is 0 Å². The van der Waals surface area contributed by atoms with Gasteiger partial charge in [0.1, 0.15) is 0 Å². The van der Waals surface area contributed by atoms with Gasteiger partial charge in [-0.2, -0.15) is 0 Å². The molecule has 0 aliphatic heterocycles. The van der Waals surface area contributed by atoms with Crippen LogP contribution in [0.15, 0.2) is 53.4 Å². The second kappa shape index (κ2) is 5.62. The van der Waals surface area contributed by atoms with Crippen molar-refractivity contribution in [1.29, 1.82) is 0 Å². The number of benzene rings is 2. The van der Waals surface area contributed by atoms with Gasteiger partial charge in [-0.05, 0) is 35.9 Å². The van der Waals surface area contributed by atoms with Crippen LogP contribution in [0, 0.1) is 0 Å². The lowest BCUT2D eigenvalue weighted by molar-refractivity contribution is 1.38. The minimum atomic E-state index is 0.774. The Bertz CT molecular complexity index is 437. The molecule has 0 atom stereocenters. The van der Waals surface area contributed by atoms with Crippen molar-refractivity contribution < 1.29 is 0 Å². The van der Waals surface area contributed by atoms with E-state index in [1.165, 1.54) is 10.5 Å². The Morgan fingerprint density at radius 2 is 1.56 bits per heavy atom. The Morgan fingerprint density at radius 1 is 0.875 bits per heavy atom. The lowest BCUT2D eigenvalue weighted by atomic mass is 10.2. The Kier molecular flexibility index (Phi) is 4.16. The Balaban J connectivity index is 2.02. The maximum Gasteiger partial charge on any atom is 0.0417 e. The maximum absolute atomic E-state index is 5.92. The summed E-state index contributed by atoms with van der Waals surface area (Å²) in [5, 5.41) is 1.56. The topological polar surface area (TPSA) is 0 Å². The van der Waals surface area contributed by atoms with Crippen LogP contribution in [0.1, 0.15) is 5.56 Å². The first-order chi connectivity index (χ1) is 7.74. The van der Waals surface area contributed by atoms with Crippen LogP contribution in [0.4, 0.5) is 0 Å². The quantitative estimate of drug-likeness (QED) is 0.682. The summed E-state index contributed by atoms with van der Waals surface area (Å²) in [6.45, 7) is 0. The normalized spacial score (nSPS) is 10.4. The molecule has 0 aromatic heterocycles. The van der Waals surface area contributed by atoms with Crippen molar-refractivity contribution in [3.8, 4) is 0 Å². The first-order valence-corrected chi connectivity index (χ1v) is 6.61. The van der Waals surface area contributed by atoms with E-state index in [1.54, 1.807) is 11.8 Å². The van der Waals surface area contributed by atoms with E-state index in [2.05, 4.69) is 12.1 Å². The Morgan fingerprint density at radius 3 is 2.25 bits per heavy atom. The van der Waals surface area contributed by atoms with Crippen molar-refractivity contribution >= 4 is 35.0 Å². The van der Waals surface area contributed by atoms with Crippen LogP contribution < -0.4 is 0 Å². The smallest absolute Gasteiger partial charge is 0.0417 e. The van der Waals surface area contributed by atoms with Crippen molar-refractivity contribution in [2.45, 2.75) is 10.6 Å². The minimum Gasteiger partial charge on any atom is -0.121 e. The highest BCUT2D eigenvalue weighted by molar-refractivity contribution is 7.98. The van der Waals surface area contributed by atoms with Crippen molar-refractivity contribution in [2.75, 3.05) is 0 Å². The SMILES string of the molecule is Clc1cccc(CSc2cccc(Cl)c2)c1. The number of thioether (sulfide) groups is 1. The average molecular weight is 269 g/mol. The number of hydrogen-bond acceptors (Lipinski definition) is 1. The molecule has 0 amide bonds. The van der Waals surface area contributed by atoms with E-state index in [1.807, 2.05) is 36.4 Å². The van der Waals surface area contributed by atoms with Crippen molar-refractivity contribution in [1.82, 2.24) is 0 Å². The summed E-state index contributed by atoms with van der Waals surface area (Å²) in [6.07, 6.45) is 0. The fourth-order valence-electron chi connectivity index (χ4n) is 1.35. The average Bonchev–Trinajstić information content (AvgIpc) is 2.27. The molecule has 0 heterocycles. The molecule has 0 radical (unpaired) electrons. The zero-order chi connectivity index (χ0) is 11.4. The Hall–Kier alpha value is -0.630. The van der Waals surface area contributed by atoms with Gasteiger partial charge in [0.2, 0.25) is 0 Å². The molecule has 82 valence electrons. The number of rotatable bonds is 3. The summed E-state index contributed by atoms with van der Waals surface area (Å²) in [5.41, 5.74) is 1.22. The highest BCUT2D eigenvalue weighted by Gasteiger charge is 1.98. The van der Waals surface area contributed by atoms with Crippen LogP contribution in [0.25, 0.3) is 0 Å². The molecule has 2 aromatic carbocycles. The van der Waals surface area contributed by atoms with Gasteiger partial charge in [-0.1, -0.05) is 41.4 Å². The molecular weight excluding hydrogens is 259 g/mol. The van der Waals surface area contributed by atoms with Gasteiger partial charge < -0.3 is 0 Å². The van der Waals surface area contributed by atoms with Crippen molar-refractivity contribution in [3.05, 3.63) is 64.1 Å². The van der Waals surface area contributed by atoms with E-state index < -0.39 is 0 Å². The first-order valence-electron chi connectivity index (χ1n) is 4.87. The van der Waals surface area contributed by atoms with Gasteiger partial charge in [0, 0.05) is 20.7 Å². The van der Waals surface area contributed by atoms with Gasteiger partial charge in [0.05, 0.1) is 0 Å². The third-order valence-corrected chi connectivity index (χ3v) is 3.63. The molecule has 0 saturated carbocycles. The summed E-state index contributed by atoms with van der Waals surface area (Å²) in [5.74, 6) is 0.904. The van der Waals surface area contributed by atoms with E-state index in [-0.39, 0.29) is 0 Å². The third kappa shape index (κ3) is 3.44. The molecule has 0 nitrogen and oxygen atoms in total. The van der Waals surface area contributed by atoms with Crippen LogP contribution in [-0.4, -0.2) is 0 Å². The molecule has 3 heteroatoms. The van der Waals surface area contributed by atoms with Crippen molar-refractivity contribution in [2.24, 2.45) is 0 Å². The molecule has 0 spiro atoms. The van der Waals surface area contributed by atoms with E-state index in [0.717, 1.165) is 15.8 Å². The highest BCUT2D eigenvalue weighted by atomic mass is 35.5. The lowest BCUT2D eigenvalue weighted by Crippen LogP contribution is -1.80. The van der Waals surface area contributed by atoms with Gasteiger partial charge in [-0.25, -0.2) is 0 Å². The zero-order valence-corrected chi connectivity index (χ0v) is 10.8. The van der Waals surface area contributed by atoms with Crippen molar-refractivity contribution in [3.63, 3.8) is 0 Å². The van der Waals surface area contributed by atoms with E-state index in [4.69, 9.17) is 23.2 Å². The third-order valence-electron chi connectivity index (χ3n) is 2.09. The standard InChI is InChI=1S/C13H10Cl2S/c14-11-4-1-3-10(7-11)9-16-13-6-2-5-12(15)8-13/h1-8H,9H2. The summed E-state index contributed by atoms with van der Waals surface area (Å²) in [6, 6.07) is 15.8. The number of halogens is 2. The second-order valence-corrected chi connectivity index (χ2v) is 5.30. The second-order valence-electron chi connectivity index (χ2n) is 3.38. The molecule has 0 aliphatic carbocycles. The monoisotopic (exact) mass is 268 g/mol. The molecule has 0 fully saturated rings. The predicted molar refractivity (Wildman–Crippen MR) is 72.5 cm³/mol. The van der Waals surface area contributed by atoms with Crippen LogP contribution in [0.3, 0.4) is 0 Å². The number of hydrogen-bond donors (Lipinski definition) is 0. The first kappa shape index (κ1) is 11.8. The van der Waals surface area contributed by atoms with Crippen LogP contribution in [0.2, 0.25) is 10.0 Å². The van der Waals surface area contributed by atoms with Gasteiger partial charge in [-0.15, -0.1) is 11.8 Å². The highest BCUT2D eigenvalue weighted by Crippen LogP contribution is 2.25. The molecule has 2 aromatic rings. The van der Waals surface area contributed by atoms with Gasteiger partial charge in [0.25, 0.3) is 0 Å². The van der Waals surface area contributed by atoms with E-state index >= 15 is 0 Å². The molecule has 0 aliphatic rings. The van der Waals surface area contributed by atoms with Gasteiger partial charge >= 0.3 is 0 Å². The predicted octanol–water partition coefficient (Wildman–Crippen LogP) is 5.29. The molecule has 16 heavy (non-hydrogen) atoms. The summed E-state index contributed by atoms with van der Waals surface area (Å²) in [7, 11) is 0. The lowest BCUT2D eigenvalue weighted by Gasteiger charge is -2.02. The molecule has 0 unspecified atom stereocenters. The zero-order valence-electron chi connectivity index (χ0n) is 8.49. The maximum atomic E-state index is 5.92. The van der Waals surface area contributed by atoms with Gasteiger partial charge in [-0.3, -0.25) is 0 Å². The molecule has 0 bridgehead atoms. The summed E-state index contributed by atoms with van der Waals surface area (Å²) >= 11 is 13.6. The fraction of sp³-hybridized carbons (Fsp3) is 0.0769. The molecule has 0 saturated heterocycles. The van der Waals surface area contributed by atoms with Crippen LogP contribution in [-0.2, 0) is 5.75 Å². The molecular formula is C13H10Cl2S. The summed E-state index contributed by atoms with van der Waals surface area (Å²) in [4.78, 5) is 1.17. The largest absolute Gasteiger partial charge is 0.121 e. The van der Waals surface area contributed by atoms with Crippen LogP contribution in [0.5, 0.6) is 0 Å². The van der Waals surface area contributed by atoms with E-state index in [0.29, 0.717) is 0 Å². The van der Waals surface area contributed by atoms with Crippen LogP contribution >= 0.6 is 35.0 Å². The fourth-order valence-corrected chi connectivity index (χ4v) is 2.72.